The molecule has 0 fully saturated rings. The highest BCUT2D eigenvalue weighted by atomic mass is 19.1. The van der Waals surface area contributed by atoms with Gasteiger partial charge in [-0.2, -0.15) is 0 Å². The highest BCUT2D eigenvalue weighted by molar-refractivity contribution is 6.10. The van der Waals surface area contributed by atoms with Crippen LogP contribution in [0.4, 0.5) is 4.39 Å². The molecular weight excluding hydrogens is 355 g/mol. The minimum atomic E-state index is -0.853. The van der Waals surface area contributed by atoms with Gasteiger partial charge in [-0.3, -0.25) is 9.59 Å². The molecular formula is C24H25FO3. The number of allylic oxidation sites excluding steroid dienone is 2. The van der Waals surface area contributed by atoms with Gasteiger partial charge >= 0.3 is 5.97 Å². The van der Waals surface area contributed by atoms with Crippen LogP contribution in [0.3, 0.4) is 0 Å². The summed E-state index contributed by atoms with van der Waals surface area (Å²) < 4.78 is 18.5. The van der Waals surface area contributed by atoms with Gasteiger partial charge in [0.1, 0.15) is 11.7 Å². The van der Waals surface area contributed by atoms with Crippen LogP contribution in [-0.2, 0) is 14.3 Å². The van der Waals surface area contributed by atoms with Gasteiger partial charge in [-0.15, -0.1) is 0 Å². The molecule has 0 aliphatic heterocycles. The summed E-state index contributed by atoms with van der Waals surface area (Å²) in [4.78, 5) is 25.4. The van der Waals surface area contributed by atoms with Crippen molar-refractivity contribution in [1.82, 2.24) is 0 Å². The average molecular weight is 380 g/mol. The number of esters is 1. The van der Waals surface area contributed by atoms with E-state index < -0.39 is 11.9 Å². The number of hydrogen-bond donors (Lipinski definition) is 0. The normalized spacial score (nSPS) is 19.5. The molecule has 0 amide bonds. The summed E-state index contributed by atoms with van der Waals surface area (Å²) in [6.07, 6.45) is 2.02. The molecule has 28 heavy (non-hydrogen) atoms. The molecule has 2 atom stereocenters. The summed E-state index contributed by atoms with van der Waals surface area (Å²) in [6, 6.07) is 14.2. The Bertz CT molecular complexity index is 879. The molecule has 0 unspecified atom stereocenters. The van der Waals surface area contributed by atoms with Crippen molar-refractivity contribution in [2.45, 2.75) is 39.0 Å². The van der Waals surface area contributed by atoms with Gasteiger partial charge in [0.15, 0.2) is 5.78 Å². The molecule has 2 aromatic rings. The van der Waals surface area contributed by atoms with Crippen molar-refractivity contribution in [1.29, 1.82) is 0 Å². The van der Waals surface area contributed by atoms with E-state index in [0.29, 0.717) is 12.3 Å². The van der Waals surface area contributed by atoms with E-state index in [2.05, 4.69) is 13.8 Å². The Hall–Kier alpha value is -2.75. The number of hydrogen-bond acceptors (Lipinski definition) is 3. The number of carbonyl (C=O) groups excluding carboxylic acids is 2. The van der Waals surface area contributed by atoms with E-state index in [0.717, 1.165) is 16.7 Å². The third-order valence-electron chi connectivity index (χ3n) is 5.25. The average Bonchev–Trinajstić information content (AvgIpc) is 2.68. The highest BCUT2D eigenvalue weighted by Crippen LogP contribution is 2.40. The molecule has 2 aromatic carbocycles. The lowest BCUT2D eigenvalue weighted by atomic mass is 9.73. The van der Waals surface area contributed by atoms with Crippen molar-refractivity contribution < 1.29 is 18.7 Å². The van der Waals surface area contributed by atoms with E-state index >= 15 is 0 Å². The Kier molecular flexibility index (Phi) is 6.08. The fourth-order valence-electron chi connectivity index (χ4n) is 3.69. The molecule has 3 rings (SSSR count). The van der Waals surface area contributed by atoms with E-state index in [1.165, 1.54) is 23.8 Å². The van der Waals surface area contributed by atoms with Crippen LogP contribution in [0.5, 0.6) is 0 Å². The van der Waals surface area contributed by atoms with Gasteiger partial charge in [-0.25, -0.2) is 4.39 Å². The van der Waals surface area contributed by atoms with Crippen LogP contribution in [0.1, 0.15) is 55.7 Å². The molecule has 1 aliphatic carbocycles. The van der Waals surface area contributed by atoms with Crippen molar-refractivity contribution in [3.8, 4) is 0 Å². The fraction of sp³-hybridized carbons (Fsp3) is 0.333. The van der Waals surface area contributed by atoms with Gasteiger partial charge < -0.3 is 4.74 Å². The van der Waals surface area contributed by atoms with Crippen molar-refractivity contribution >= 4 is 17.3 Å². The predicted octanol–water partition coefficient (Wildman–Crippen LogP) is 5.27. The van der Waals surface area contributed by atoms with Gasteiger partial charge in [0.2, 0.25) is 0 Å². The SMILES string of the molecule is CCOC(=O)[C@@H]1C(=O)C=C(c2ccc(F)cc2)C[C@H]1c1ccc(C(C)C)cc1. The number of benzene rings is 2. The first-order valence-electron chi connectivity index (χ1n) is 9.67. The van der Waals surface area contributed by atoms with Crippen LogP contribution in [0.2, 0.25) is 0 Å². The summed E-state index contributed by atoms with van der Waals surface area (Å²) in [5.41, 5.74) is 3.74. The van der Waals surface area contributed by atoms with E-state index in [1.807, 2.05) is 24.3 Å². The molecule has 0 saturated carbocycles. The Balaban J connectivity index is 1.99. The maximum atomic E-state index is 13.3. The molecule has 0 bridgehead atoms. The Labute approximate surface area is 165 Å². The summed E-state index contributed by atoms with van der Waals surface area (Å²) in [6.45, 7) is 6.21. The van der Waals surface area contributed by atoms with Crippen LogP contribution in [0.15, 0.2) is 54.6 Å². The first kappa shape index (κ1) is 20.0. The predicted molar refractivity (Wildman–Crippen MR) is 107 cm³/mol. The zero-order valence-electron chi connectivity index (χ0n) is 16.4. The quantitative estimate of drug-likeness (QED) is 0.524. The maximum absolute atomic E-state index is 13.3. The fourth-order valence-corrected chi connectivity index (χ4v) is 3.69. The van der Waals surface area contributed by atoms with Gasteiger partial charge in [0.05, 0.1) is 6.61 Å². The lowest BCUT2D eigenvalue weighted by Gasteiger charge is -2.29. The highest BCUT2D eigenvalue weighted by Gasteiger charge is 2.39. The minimum Gasteiger partial charge on any atom is -0.465 e. The molecule has 0 aromatic heterocycles. The topological polar surface area (TPSA) is 43.4 Å². The standard InChI is InChI=1S/C24H25FO3/c1-4-28-24(27)23-21(18-7-5-16(6-8-18)15(2)3)13-19(14-22(23)26)17-9-11-20(25)12-10-17/h5-12,14-15,21,23H,4,13H2,1-3H3/t21-,23-/m0/s1. The zero-order valence-corrected chi connectivity index (χ0v) is 16.4. The van der Waals surface area contributed by atoms with Crippen molar-refractivity contribution in [3.63, 3.8) is 0 Å². The van der Waals surface area contributed by atoms with Crippen molar-refractivity contribution in [2.24, 2.45) is 5.92 Å². The first-order chi connectivity index (χ1) is 13.4. The van der Waals surface area contributed by atoms with Crippen LogP contribution < -0.4 is 0 Å². The molecule has 0 radical (unpaired) electrons. The van der Waals surface area contributed by atoms with Crippen LogP contribution in [0, 0.1) is 11.7 Å². The number of carbonyl (C=O) groups is 2. The smallest absolute Gasteiger partial charge is 0.317 e. The number of rotatable bonds is 5. The number of ether oxygens (including phenoxy) is 1. The minimum absolute atomic E-state index is 0.232. The molecule has 1 aliphatic rings. The second-order valence-electron chi connectivity index (χ2n) is 7.44. The summed E-state index contributed by atoms with van der Waals surface area (Å²) in [5.74, 6) is -1.83. The molecule has 0 saturated heterocycles. The van der Waals surface area contributed by atoms with Crippen LogP contribution in [0.25, 0.3) is 5.57 Å². The zero-order chi connectivity index (χ0) is 20.3. The molecule has 146 valence electrons. The van der Waals surface area contributed by atoms with E-state index in [-0.39, 0.29) is 24.1 Å². The first-order valence-corrected chi connectivity index (χ1v) is 9.67. The van der Waals surface area contributed by atoms with Gasteiger partial charge in [0, 0.05) is 5.92 Å². The lowest BCUT2D eigenvalue weighted by Crippen LogP contribution is -2.34. The van der Waals surface area contributed by atoms with Gasteiger partial charge in [-0.1, -0.05) is 50.2 Å². The number of ketones is 1. The lowest BCUT2D eigenvalue weighted by molar-refractivity contribution is -0.151. The largest absolute Gasteiger partial charge is 0.465 e. The van der Waals surface area contributed by atoms with Crippen LogP contribution in [-0.4, -0.2) is 18.4 Å². The van der Waals surface area contributed by atoms with Gasteiger partial charge in [-0.05, 0) is 59.7 Å². The number of halogens is 1. The van der Waals surface area contributed by atoms with Crippen molar-refractivity contribution in [3.05, 3.63) is 77.1 Å². The maximum Gasteiger partial charge on any atom is 0.317 e. The molecule has 0 spiro atoms. The van der Waals surface area contributed by atoms with E-state index in [9.17, 15) is 14.0 Å². The van der Waals surface area contributed by atoms with Crippen molar-refractivity contribution in [2.75, 3.05) is 6.61 Å². The Morgan fingerprint density at radius 3 is 2.32 bits per heavy atom. The summed E-state index contributed by atoms with van der Waals surface area (Å²) in [5, 5.41) is 0. The van der Waals surface area contributed by atoms with E-state index in [4.69, 9.17) is 4.74 Å². The molecule has 0 N–H and O–H groups in total. The third-order valence-corrected chi connectivity index (χ3v) is 5.25. The Morgan fingerprint density at radius 1 is 1.11 bits per heavy atom. The Morgan fingerprint density at radius 2 is 1.75 bits per heavy atom. The molecule has 4 heteroatoms. The third kappa shape index (κ3) is 4.22. The van der Waals surface area contributed by atoms with E-state index in [1.54, 1.807) is 19.1 Å². The monoisotopic (exact) mass is 380 g/mol. The van der Waals surface area contributed by atoms with Gasteiger partial charge in [0.25, 0.3) is 0 Å². The molecule has 0 heterocycles. The second-order valence-corrected chi connectivity index (χ2v) is 7.44. The van der Waals surface area contributed by atoms with Crippen LogP contribution >= 0.6 is 0 Å². The summed E-state index contributed by atoms with van der Waals surface area (Å²) in [7, 11) is 0. The molecule has 3 nitrogen and oxygen atoms in total. The second kappa shape index (κ2) is 8.51. The summed E-state index contributed by atoms with van der Waals surface area (Å²) >= 11 is 0.